The molecule has 1 heterocycles. The number of benzene rings is 1. The van der Waals surface area contributed by atoms with Crippen LogP contribution >= 0.6 is 0 Å². The first-order chi connectivity index (χ1) is 10.4. The molecular weight excluding hydrogens is 297 g/mol. The largest absolute Gasteiger partial charge is 0.462 e. The lowest BCUT2D eigenvalue weighted by atomic mass is 10.1. The summed E-state index contributed by atoms with van der Waals surface area (Å²) >= 11 is 0. The molecule has 0 aliphatic rings. The fourth-order valence-corrected chi connectivity index (χ4v) is 2.17. The van der Waals surface area contributed by atoms with Crippen LogP contribution in [0.2, 0.25) is 0 Å². The van der Waals surface area contributed by atoms with E-state index in [0.29, 0.717) is 5.56 Å². The third-order valence-electron chi connectivity index (χ3n) is 3.21. The second-order valence-electron chi connectivity index (χ2n) is 4.66. The summed E-state index contributed by atoms with van der Waals surface area (Å²) in [6, 6.07) is 7.98. The summed E-state index contributed by atoms with van der Waals surface area (Å²) in [6.07, 6.45) is -3.80. The zero-order valence-corrected chi connectivity index (χ0v) is 12.1. The van der Waals surface area contributed by atoms with Gasteiger partial charge in [-0.05, 0) is 19.4 Å². The molecule has 1 aromatic heterocycles. The van der Waals surface area contributed by atoms with Gasteiger partial charge in [0.25, 0.3) is 0 Å². The monoisotopic (exact) mass is 312 g/mol. The molecule has 0 N–H and O–H groups in total. The fourth-order valence-electron chi connectivity index (χ4n) is 2.17. The van der Waals surface area contributed by atoms with Crippen molar-refractivity contribution in [2.45, 2.75) is 26.1 Å². The predicted molar refractivity (Wildman–Crippen MR) is 73.4 cm³/mol. The van der Waals surface area contributed by atoms with E-state index in [1.54, 1.807) is 37.3 Å². The Morgan fingerprint density at radius 3 is 2.50 bits per heavy atom. The zero-order chi connectivity index (χ0) is 16.3. The number of rotatable bonds is 4. The standard InChI is InChI=1S/C15H15F3N2O2/c1-3-22-14(21)12-9-19-20(13(12)15(16,17)18)10(2)11-7-5-4-6-8-11/h4-10H,3H2,1-2H3. The minimum absolute atomic E-state index is 0.00442. The lowest BCUT2D eigenvalue weighted by Gasteiger charge is -2.18. The number of esters is 1. The highest BCUT2D eigenvalue weighted by Gasteiger charge is 2.41. The second-order valence-corrected chi connectivity index (χ2v) is 4.66. The average Bonchev–Trinajstić information content (AvgIpc) is 2.92. The van der Waals surface area contributed by atoms with Crippen molar-refractivity contribution in [3.8, 4) is 0 Å². The van der Waals surface area contributed by atoms with E-state index in [9.17, 15) is 18.0 Å². The number of hydrogen-bond donors (Lipinski definition) is 0. The van der Waals surface area contributed by atoms with Gasteiger partial charge in [-0.2, -0.15) is 18.3 Å². The molecule has 2 aromatic rings. The van der Waals surface area contributed by atoms with E-state index in [1.165, 1.54) is 6.92 Å². The zero-order valence-electron chi connectivity index (χ0n) is 12.1. The Balaban J connectivity index is 2.51. The van der Waals surface area contributed by atoms with Crippen LogP contribution < -0.4 is 0 Å². The van der Waals surface area contributed by atoms with Gasteiger partial charge in [-0.15, -0.1) is 0 Å². The molecule has 1 unspecified atom stereocenters. The van der Waals surface area contributed by atoms with E-state index in [0.717, 1.165) is 10.9 Å². The number of alkyl halides is 3. The van der Waals surface area contributed by atoms with Crippen LogP contribution in [0.3, 0.4) is 0 Å². The molecule has 1 aromatic carbocycles. The van der Waals surface area contributed by atoms with Gasteiger partial charge in [0.1, 0.15) is 5.56 Å². The van der Waals surface area contributed by atoms with Crippen LogP contribution in [0.1, 0.15) is 41.5 Å². The van der Waals surface area contributed by atoms with Crippen molar-refractivity contribution in [1.82, 2.24) is 9.78 Å². The molecular formula is C15H15F3N2O2. The van der Waals surface area contributed by atoms with Crippen molar-refractivity contribution in [2.24, 2.45) is 0 Å². The van der Waals surface area contributed by atoms with Crippen LogP contribution in [-0.4, -0.2) is 22.4 Å². The Morgan fingerprint density at radius 2 is 1.95 bits per heavy atom. The summed E-state index contributed by atoms with van der Waals surface area (Å²) < 4.78 is 45.5. The maximum Gasteiger partial charge on any atom is 0.433 e. The van der Waals surface area contributed by atoms with Crippen molar-refractivity contribution >= 4 is 5.97 Å². The lowest BCUT2D eigenvalue weighted by molar-refractivity contribution is -0.145. The Labute approximate surface area is 125 Å². The highest BCUT2D eigenvalue weighted by Crippen LogP contribution is 2.35. The molecule has 2 rings (SSSR count). The van der Waals surface area contributed by atoms with Gasteiger partial charge in [-0.25, -0.2) is 4.79 Å². The Bertz CT molecular complexity index is 651. The van der Waals surface area contributed by atoms with Gasteiger partial charge in [-0.1, -0.05) is 30.3 Å². The molecule has 1 atom stereocenters. The molecule has 0 saturated heterocycles. The Kier molecular flexibility index (Phi) is 4.54. The van der Waals surface area contributed by atoms with E-state index in [4.69, 9.17) is 0 Å². The van der Waals surface area contributed by atoms with Crippen molar-refractivity contribution < 1.29 is 22.7 Å². The summed E-state index contributed by atoms with van der Waals surface area (Å²) in [5.41, 5.74) is -1.01. The van der Waals surface area contributed by atoms with Crippen LogP contribution in [0.25, 0.3) is 0 Å². The third kappa shape index (κ3) is 3.13. The quantitative estimate of drug-likeness (QED) is 0.809. The fraction of sp³-hybridized carbons (Fsp3) is 0.333. The first-order valence-electron chi connectivity index (χ1n) is 6.73. The molecule has 0 saturated carbocycles. The molecule has 4 nitrogen and oxygen atoms in total. The van der Waals surface area contributed by atoms with Gasteiger partial charge < -0.3 is 4.74 Å². The van der Waals surface area contributed by atoms with E-state index < -0.39 is 29.4 Å². The Morgan fingerprint density at radius 1 is 1.32 bits per heavy atom. The SMILES string of the molecule is CCOC(=O)c1cnn(C(C)c2ccccc2)c1C(F)(F)F. The van der Waals surface area contributed by atoms with Crippen molar-refractivity contribution in [1.29, 1.82) is 0 Å². The molecule has 0 aliphatic heterocycles. The molecule has 0 amide bonds. The first-order valence-corrected chi connectivity index (χ1v) is 6.73. The van der Waals surface area contributed by atoms with E-state index >= 15 is 0 Å². The number of halogens is 3. The number of carbonyl (C=O) groups excluding carboxylic acids is 1. The lowest BCUT2D eigenvalue weighted by Crippen LogP contribution is -2.21. The molecule has 7 heteroatoms. The van der Waals surface area contributed by atoms with Crippen molar-refractivity contribution in [3.63, 3.8) is 0 Å². The Hall–Kier alpha value is -2.31. The predicted octanol–water partition coefficient (Wildman–Crippen LogP) is 3.69. The number of ether oxygens (including phenoxy) is 1. The smallest absolute Gasteiger partial charge is 0.433 e. The molecule has 0 radical (unpaired) electrons. The van der Waals surface area contributed by atoms with Gasteiger partial charge >= 0.3 is 12.1 Å². The van der Waals surface area contributed by atoms with Crippen LogP contribution in [-0.2, 0) is 10.9 Å². The first kappa shape index (κ1) is 16.1. The maximum atomic E-state index is 13.4. The van der Waals surface area contributed by atoms with Crippen LogP contribution in [0.15, 0.2) is 36.5 Å². The summed E-state index contributed by atoms with van der Waals surface area (Å²) in [5, 5.41) is 3.76. The van der Waals surface area contributed by atoms with E-state index in [2.05, 4.69) is 9.84 Å². The maximum absolute atomic E-state index is 13.4. The van der Waals surface area contributed by atoms with Crippen LogP contribution in [0.5, 0.6) is 0 Å². The summed E-state index contributed by atoms with van der Waals surface area (Å²) in [6.45, 7) is 3.12. The topological polar surface area (TPSA) is 44.1 Å². The van der Waals surface area contributed by atoms with Crippen LogP contribution in [0.4, 0.5) is 13.2 Å². The summed E-state index contributed by atoms with van der Waals surface area (Å²) in [5.74, 6) is -1.03. The van der Waals surface area contributed by atoms with Crippen molar-refractivity contribution in [3.05, 3.63) is 53.3 Å². The summed E-state index contributed by atoms with van der Waals surface area (Å²) in [4.78, 5) is 11.7. The van der Waals surface area contributed by atoms with Crippen LogP contribution in [0, 0.1) is 0 Å². The third-order valence-corrected chi connectivity index (χ3v) is 3.21. The van der Waals surface area contributed by atoms with Gasteiger partial charge in [0, 0.05) is 0 Å². The molecule has 118 valence electrons. The van der Waals surface area contributed by atoms with Gasteiger partial charge in [0.05, 0.1) is 18.8 Å². The molecule has 0 fully saturated rings. The molecule has 0 spiro atoms. The number of hydrogen-bond acceptors (Lipinski definition) is 3. The van der Waals surface area contributed by atoms with Crippen molar-refractivity contribution in [2.75, 3.05) is 6.61 Å². The van der Waals surface area contributed by atoms with E-state index in [-0.39, 0.29) is 6.61 Å². The van der Waals surface area contributed by atoms with Gasteiger partial charge in [0.2, 0.25) is 0 Å². The molecule has 0 aliphatic carbocycles. The van der Waals surface area contributed by atoms with Gasteiger partial charge in [0.15, 0.2) is 5.69 Å². The van der Waals surface area contributed by atoms with E-state index in [1.807, 2.05) is 0 Å². The average molecular weight is 312 g/mol. The number of nitrogens with zero attached hydrogens (tertiary/aromatic N) is 2. The highest BCUT2D eigenvalue weighted by atomic mass is 19.4. The minimum Gasteiger partial charge on any atom is -0.462 e. The second kappa shape index (κ2) is 6.21. The molecule has 0 bridgehead atoms. The molecule has 22 heavy (non-hydrogen) atoms. The number of aromatic nitrogens is 2. The summed E-state index contributed by atoms with van der Waals surface area (Å²) in [7, 11) is 0. The highest BCUT2D eigenvalue weighted by molar-refractivity contribution is 5.90. The minimum atomic E-state index is -4.71. The van der Waals surface area contributed by atoms with Gasteiger partial charge in [-0.3, -0.25) is 4.68 Å². The number of carbonyl (C=O) groups is 1. The normalized spacial score (nSPS) is 13.0.